The first kappa shape index (κ1) is 14.2. The van der Waals surface area contributed by atoms with Crippen molar-refractivity contribution in [1.29, 1.82) is 5.26 Å². The van der Waals surface area contributed by atoms with E-state index in [9.17, 15) is 0 Å². The van der Waals surface area contributed by atoms with Gasteiger partial charge in [-0.15, -0.1) is 0 Å². The summed E-state index contributed by atoms with van der Waals surface area (Å²) in [4.78, 5) is 2.34. The van der Waals surface area contributed by atoms with E-state index >= 15 is 0 Å². The zero-order chi connectivity index (χ0) is 15.2. The van der Waals surface area contributed by atoms with E-state index in [1.807, 2.05) is 30.3 Å². The van der Waals surface area contributed by atoms with Crippen molar-refractivity contribution < 1.29 is 0 Å². The largest absolute Gasteiger partial charge is 0.368 e. The first-order valence-electron chi connectivity index (χ1n) is 7.67. The average molecular weight is 286 g/mol. The summed E-state index contributed by atoms with van der Waals surface area (Å²) in [6.07, 6.45) is 2.89. The fourth-order valence-electron chi connectivity index (χ4n) is 2.90. The Morgan fingerprint density at radius 1 is 0.955 bits per heavy atom. The van der Waals surface area contributed by atoms with Crippen LogP contribution >= 0.6 is 0 Å². The molecule has 1 atom stereocenters. The summed E-state index contributed by atoms with van der Waals surface area (Å²) in [7, 11) is 0. The first-order valence-corrected chi connectivity index (χ1v) is 7.67. The van der Waals surface area contributed by atoms with E-state index in [1.54, 1.807) is 0 Å². The van der Waals surface area contributed by atoms with Crippen LogP contribution < -0.4 is 4.90 Å². The molecule has 0 N–H and O–H groups in total. The topological polar surface area (TPSA) is 27.0 Å². The SMILES string of the molecule is N#CCC1CCCN1c1ccc(C#Cc2ccccc2)cc1. The van der Waals surface area contributed by atoms with Gasteiger partial charge in [0.25, 0.3) is 0 Å². The predicted molar refractivity (Wildman–Crippen MR) is 89.5 cm³/mol. The number of hydrogen-bond donors (Lipinski definition) is 0. The van der Waals surface area contributed by atoms with Crippen molar-refractivity contribution in [1.82, 2.24) is 0 Å². The lowest BCUT2D eigenvalue weighted by Crippen LogP contribution is -2.28. The summed E-state index contributed by atoms with van der Waals surface area (Å²) in [5, 5.41) is 8.92. The Labute approximate surface area is 132 Å². The second-order valence-corrected chi connectivity index (χ2v) is 5.51. The van der Waals surface area contributed by atoms with Gasteiger partial charge in [-0.2, -0.15) is 5.26 Å². The molecule has 1 fully saturated rings. The molecule has 108 valence electrons. The lowest BCUT2D eigenvalue weighted by atomic mass is 10.1. The highest BCUT2D eigenvalue weighted by Crippen LogP contribution is 2.27. The summed E-state index contributed by atoms with van der Waals surface area (Å²) in [6.45, 7) is 1.04. The maximum absolute atomic E-state index is 8.92. The molecule has 1 saturated heterocycles. The van der Waals surface area contributed by atoms with Crippen molar-refractivity contribution in [2.75, 3.05) is 11.4 Å². The average Bonchev–Trinajstić information content (AvgIpc) is 3.03. The first-order chi connectivity index (χ1) is 10.9. The maximum Gasteiger partial charge on any atom is 0.0643 e. The van der Waals surface area contributed by atoms with Crippen LogP contribution in [0, 0.1) is 23.2 Å². The zero-order valence-corrected chi connectivity index (χ0v) is 12.5. The minimum absolute atomic E-state index is 0.367. The number of anilines is 1. The zero-order valence-electron chi connectivity index (χ0n) is 12.5. The number of hydrogen-bond acceptors (Lipinski definition) is 2. The van der Waals surface area contributed by atoms with Gasteiger partial charge in [0.05, 0.1) is 12.5 Å². The molecule has 0 aliphatic carbocycles. The molecule has 22 heavy (non-hydrogen) atoms. The van der Waals surface area contributed by atoms with Gasteiger partial charge in [-0.25, -0.2) is 0 Å². The van der Waals surface area contributed by atoms with Gasteiger partial charge in [0, 0.05) is 29.4 Å². The molecule has 3 rings (SSSR count). The Hall–Kier alpha value is -2.71. The summed E-state index contributed by atoms with van der Waals surface area (Å²) in [5.74, 6) is 6.37. The number of nitriles is 1. The molecule has 2 aromatic rings. The van der Waals surface area contributed by atoms with Gasteiger partial charge in [0.15, 0.2) is 0 Å². The monoisotopic (exact) mass is 286 g/mol. The Balaban J connectivity index is 1.74. The van der Waals surface area contributed by atoms with Crippen LogP contribution in [0.3, 0.4) is 0 Å². The van der Waals surface area contributed by atoms with Crippen LogP contribution in [-0.4, -0.2) is 12.6 Å². The van der Waals surface area contributed by atoms with Gasteiger partial charge < -0.3 is 4.90 Å². The Morgan fingerprint density at radius 2 is 1.64 bits per heavy atom. The number of nitrogens with zero attached hydrogens (tertiary/aromatic N) is 2. The minimum Gasteiger partial charge on any atom is -0.368 e. The van der Waals surface area contributed by atoms with Crippen molar-refractivity contribution in [3.63, 3.8) is 0 Å². The minimum atomic E-state index is 0.367. The second-order valence-electron chi connectivity index (χ2n) is 5.51. The van der Waals surface area contributed by atoms with Gasteiger partial charge in [-0.3, -0.25) is 0 Å². The summed E-state index contributed by atoms with van der Waals surface area (Å²) >= 11 is 0. The lowest BCUT2D eigenvalue weighted by molar-refractivity contribution is 0.683. The van der Waals surface area contributed by atoms with E-state index < -0.39 is 0 Å². The molecule has 0 saturated carbocycles. The molecular formula is C20H18N2. The van der Waals surface area contributed by atoms with Crippen molar-refractivity contribution >= 4 is 5.69 Å². The molecule has 0 bridgehead atoms. The van der Waals surface area contributed by atoms with Crippen LogP contribution in [0.2, 0.25) is 0 Å². The van der Waals surface area contributed by atoms with E-state index in [0.717, 1.165) is 24.1 Å². The van der Waals surface area contributed by atoms with E-state index in [4.69, 9.17) is 5.26 Å². The van der Waals surface area contributed by atoms with E-state index in [1.165, 1.54) is 12.1 Å². The van der Waals surface area contributed by atoms with Crippen molar-refractivity contribution in [3.8, 4) is 17.9 Å². The second kappa shape index (κ2) is 6.83. The third kappa shape index (κ3) is 3.30. The fourth-order valence-corrected chi connectivity index (χ4v) is 2.90. The molecule has 0 radical (unpaired) electrons. The van der Waals surface area contributed by atoms with Gasteiger partial charge in [-0.1, -0.05) is 30.0 Å². The molecular weight excluding hydrogens is 268 g/mol. The standard InChI is InChI=1S/C20H18N2/c21-15-14-19-7-4-16-22(19)20-12-10-18(11-13-20)9-8-17-5-2-1-3-6-17/h1-3,5-6,10-13,19H,4,7,14,16H2. The Bertz CT molecular complexity index is 714. The molecule has 2 heteroatoms. The van der Waals surface area contributed by atoms with Crippen LogP contribution in [0.1, 0.15) is 30.4 Å². The normalized spacial score (nSPS) is 16.7. The molecule has 0 aromatic heterocycles. The van der Waals surface area contributed by atoms with Gasteiger partial charge in [-0.05, 0) is 49.2 Å². The summed E-state index contributed by atoms with van der Waals surface area (Å²) < 4.78 is 0. The van der Waals surface area contributed by atoms with Gasteiger partial charge >= 0.3 is 0 Å². The molecule has 1 aliphatic rings. The van der Waals surface area contributed by atoms with Crippen LogP contribution in [0.5, 0.6) is 0 Å². The molecule has 2 aromatic carbocycles. The highest BCUT2D eigenvalue weighted by Gasteiger charge is 2.24. The molecule has 0 amide bonds. The van der Waals surface area contributed by atoms with E-state index in [-0.39, 0.29) is 0 Å². The Kier molecular flexibility index (Phi) is 4.42. The molecule has 1 aliphatic heterocycles. The maximum atomic E-state index is 8.92. The molecule has 1 heterocycles. The fraction of sp³-hybridized carbons (Fsp3) is 0.250. The van der Waals surface area contributed by atoms with Gasteiger partial charge in [0.2, 0.25) is 0 Å². The third-order valence-corrected chi connectivity index (χ3v) is 4.03. The summed E-state index contributed by atoms with van der Waals surface area (Å²) in [6, 6.07) is 21.0. The molecule has 1 unspecified atom stereocenters. The van der Waals surface area contributed by atoms with E-state index in [0.29, 0.717) is 12.5 Å². The lowest BCUT2D eigenvalue weighted by Gasteiger charge is -2.25. The van der Waals surface area contributed by atoms with Crippen LogP contribution in [0.15, 0.2) is 54.6 Å². The van der Waals surface area contributed by atoms with Crippen LogP contribution in [0.4, 0.5) is 5.69 Å². The predicted octanol–water partition coefficient (Wildman–Crippen LogP) is 3.97. The quantitative estimate of drug-likeness (QED) is 0.781. The third-order valence-electron chi connectivity index (χ3n) is 4.03. The van der Waals surface area contributed by atoms with Crippen LogP contribution in [0.25, 0.3) is 0 Å². The number of benzene rings is 2. The van der Waals surface area contributed by atoms with Crippen LogP contribution in [-0.2, 0) is 0 Å². The van der Waals surface area contributed by atoms with Crippen molar-refractivity contribution in [2.24, 2.45) is 0 Å². The Morgan fingerprint density at radius 3 is 2.32 bits per heavy atom. The highest BCUT2D eigenvalue weighted by molar-refractivity contribution is 5.53. The molecule has 2 nitrogen and oxygen atoms in total. The highest BCUT2D eigenvalue weighted by atomic mass is 15.2. The van der Waals surface area contributed by atoms with Crippen molar-refractivity contribution in [3.05, 3.63) is 65.7 Å². The van der Waals surface area contributed by atoms with Gasteiger partial charge in [0.1, 0.15) is 0 Å². The van der Waals surface area contributed by atoms with E-state index in [2.05, 4.69) is 47.1 Å². The van der Waals surface area contributed by atoms with Crippen molar-refractivity contribution in [2.45, 2.75) is 25.3 Å². The smallest absolute Gasteiger partial charge is 0.0643 e. The summed E-state index contributed by atoms with van der Waals surface area (Å²) in [5.41, 5.74) is 3.24. The molecule has 0 spiro atoms. The number of rotatable bonds is 2.